The van der Waals surface area contributed by atoms with Gasteiger partial charge in [-0.1, -0.05) is 44.5 Å². The Balaban J connectivity index is 2.00. The van der Waals surface area contributed by atoms with Crippen LogP contribution in [-0.2, 0) is 5.41 Å². The molecule has 0 saturated carbocycles. The predicted octanol–water partition coefficient (Wildman–Crippen LogP) is 5.05. The lowest BCUT2D eigenvalue weighted by molar-refractivity contribution is 0.0722. The summed E-state index contributed by atoms with van der Waals surface area (Å²) in [6, 6.07) is 15.8. The number of aromatic nitrogens is 2. The molecule has 0 aliphatic heterocycles. The van der Waals surface area contributed by atoms with Gasteiger partial charge in [0.15, 0.2) is 0 Å². The van der Waals surface area contributed by atoms with Gasteiger partial charge in [0, 0.05) is 16.5 Å². The lowest BCUT2D eigenvalue weighted by atomic mass is 9.93. The van der Waals surface area contributed by atoms with Crippen LogP contribution < -0.4 is 9.47 Å². The first-order chi connectivity index (χ1) is 12.8. The van der Waals surface area contributed by atoms with Crippen LogP contribution in [0, 0.1) is 0 Å². The Bertz CT molecular complexity index is 974. The second kappa shape index (κ2) is 7.45. The van der Waals surface area contributed by atoms with E-state index in [0.717, 1.165) is 5.69 Å². The molecule has 6 heteroatoms. The summed E-state index contributed by atoms with van der Waals surface area (Å²) in [5, 5.41) is 5.20. The minimum absolute atomic E-state index is 0.207. The molecule has 3 rings (SSSR count). The molecule has 5 nitrogen and oxygen atoms in total. The average Bonchev–Trinajstić information content (AvgIpc) is 3.06. The van der Waals surface area contributed by atoms with E-state index >= 15 is 0 Å². The molecule has 0 atom stereocenters. The lowest BCUT2D eigenvalue weighted by Crippen LogP contribution is -2.13. The van der Waals surface area contributed by atoms with Crippen molar-refractivity contribution in [3.05, 3.63) is 70.9 Å². The molecule has 0 radical (unpaired) electrons. The first kappa shape index (κ1) is 19.0. The maximum Gasteiger partial charge on any atom is 0.344 e. The van der Waals surface area contributed by atoms with Crippen molar-refractivity contribution in [3.63, 3.8) is 0 Å². The van der Waals surface area contributed by atoms with Crippen LogP contribution in [0.1, 0.15) is 36.8 Å². The summed E-state index contributed by atoms with van der Waals surface area (Å²) in [4.78, 5) is 12.6. The maximum absolute atomic E-state index is 12.6. The number of ether oxygens (including phenoxy) is 2. The van der Waals surface area contributed by atoms with Crippen LogP contribution in [0.4, 0.5) is 0 Å². The van der Waals surface area contributed by atoms with E-state index in [-0.39, 0.29) is 5.41 Å². The highest BCUT2D eigenvalue weighted by atomic mass is 35.5. The molecule has 0 amide bonds. The molecule has 0 N–H and O–H groups in total. The third-order valence-electron chi connectivity index (χ3n) is 4.00. The number of benzene rings is 2. The number of methoxy groups -OCH3 is 1. The number of halogens is 1. The Kier molecular flexibility index (Phi) is 5.24. The highest BCUT2D eigenvalue weighted by Gasteiger charge is 2.23. The van der Waals surface area contributed by atoms with Crippen molar-refractivity contribution < 1.29 is 14.3 Å². The monoisotopic (exact) mass is 384 g/mol. The summed E-state index contributed by atoms with van der Waals surface area (Å²) in [5.41, 5.74) is 1.70. The molecule has 2 aromatic carbocycles. The normalized spacial score (nSPS) is 11.3. The number of hydrogen-bond acceptors (Lipinski definition) is 4. The highest BCUT2D eigenvalue weighted by Crippen LogP contribution is 2.29. The van der Waals surface area contributed by atoms with Crippen molar-refractivity contribution in [2.75, 3.05) is 7.11 Å². The molecule has 0 spiro atoms. The molecular weight excluding hydrogens is 364 g/mol. The fraction of sp³-hybridized carbons (Fsp3) is 0.238. The van der Waals surface area contributed by atoms with Crippen molar-refractivity contribution in [3.8, 4) is 17.3 Å². The molecule has 1 aromatic heterocycles. The number of nitrogens with zero attached hydrogens (tertiary/aromatic N) is 2. The maximum atomic E-state index is 12.6. The Morgan fingerprint density at radius 2 is 1.81 bits per heavy atom. The SMILES string of the molecule is COc1cccc(C(=O)Oc2cc(C(C)(C)C)nn2-c2cccc(Cl)c2)c1. The second-order valence-corrected chi connectivity index (χ2v) is 7.57. The van der Waals surface area contributed by atoms with Gasteiger partial charge in [-0.3, -0.25) is 0 Å². The van der Waals surface area contributed by atoms with Crippen LogP contribution in [0.15, 0.2) is 54.6 Å². The van der Waals surface area contributed by atoms with Crippen molar-refractivity contribution in [2.24, 2.45) is 0 Å². The number of rotatable bonds is 4. The van der Waals surface area contributed by atoms with E-state index in [1.807, 2.05) is 32.9 Å². The zero-order valence-electron chi connectivity index (χ0n) is 15.7. The van der Waals surface area contributed by atoms with Gasteiger partial charge in [0.05, 0.1) is 24.1 Å². The molecule has 0 saturated heterocycles. The molecule has 0 aliphatic carbocycles. The molecule has 0 unspecified atom stereocenters. The standard InChI is InChI=1S/C21H21ClN2O3/c1-21(2,3)18-13-19(24(23-18)16-9-6-8-15(22)12-16)27-20(25)14-7-5-10-17(11-14)26-4/h5-13H,1-4H3. The van der Waals surface area contributed by atoms with E-state index in [0.29, 0.717) is 27.9 Å². The minimum atomic E-state index is -0.488. The van der Waals surface area contributed by atoms with E-state index in [1.165, 1.54) is 0 Å². The van der Waals surface area contributed by atoms with E-state index in [4.69, 9.17) is 21.1 Å². The van der Waals surface area contributed by atoms with Crippen LogP contribution in [-0.4, -0.2) is 22.9 Å². The van der Waals surface area contributed by atoms with Gasteiger partial charge in [0.1, 0.15) is 5.75 Å². The largest absolute Gasteiger partial charge is 0.497 e. The Morgan fingerprint density at radius 3 is 2.48 bits per heavy atom. The van der Waals surface area contributed by atoms with Gasteiger partial charge in [0.25, 0.3) is 0 Å². The van der Waals surface area contributed by atoms with E-state index in [9.17, 15) is 4.79 Å². The van der Waals surface area contributed by atoms with Gasteiger partial charge in [-0.2, -0.15) is 5.10 Å². The summed E-state index contributed by atoms with van der Waals surface area (Å²) in [5.74, 6) is 0.427. The number of hydrogen-bond donors (Lipinski definition) is 0. The summed E-state index contributed by atoms with van der Waals surface area (Å²) >= 11 is 6.12. The third-order valence-corrected chi connectivity index (χ3v) is 4.24. The summed E-state index contributed by atoms with van der Waals surface area (Å²) < 4.78 is 12.4. The molecule has 0 aliphatic rings. The number of esters is 1. The van der Waals surface area contributed by atoms with Gasteiger partial charge in [-0.25, -0.2) is 9.48 Å². The van der Waals surface area contributed by atoms with Crippen LogP contribution in [0.25, 0.3) is 5.69 Å². The van der Waals surface area contributed by atoms with Gasteiger partial charge in [-0.05, 0) is 36.4 Å². The fourth-order valence-corrected chi connectivity index (χ4v) is 2.68. The van der Waals surface area contributed by atoms with E-state index in [1.54, 1.807) is 54.3 Å². The van der Waals surface area contributed by atoms with Crippen LogP contribution in [0.5, 0.6) is 11.6 Å². The first-order valence-electron chi connectivity index (χ1n) is 8.50. The van der Waals surface area contributed by atoms with Crippen LogP contribution in [0.2, 0.25) is 5.02 Å². The minimum Gasteiger partial charge on any atom is -0.497 e. The number of carbonyl (C=O) groups excluding carboxylic acids is 1. The van der Waals surface area contributed by atoms with Crippen LogP contribution in [0.3, 0.4) is 0 Å². The Labute approximate surface area is 163 Å². The molecule has 0 bridgehead atoms. The quantitative estimate of drug-likeness (QED) is 0.590. The highest BCUT2D eigenvalue weighted by molar-refractivity contribution is 6.30. The summed E-state index contributed by atoms with van der Waals surface area (Å²) in [7, 11) is 1.55. The second-order valence-electron chi connectivity index (χ2n) is 7.13. The molecule has 27 heavy (non-hydrogen) atoms. The Morgan fingerprint density at radius 1 is 1.07 bits per heavy atom. The molecule has 140 valence electrons. The fourth-order valence-electron chi connectivity index (χ4n) is 2.50. The zero-order valence-corrected chi connectivity index (χ0v) is 16.4. The zero-order chi connectivity index (χ0) is 19.6. The average molecular weight is 385 g/mol. The van der Waals surface area contributed by atoms with Crippen molar-refractivity contribution in [1.29, 1.82) is 0 Å². The van der Waals surface area contributed by atoms with Gasteiger partial charge in [-0.15, -0.1) is 0 Å². The van der Waals surface area contributed by atoms with Crippen molar-refractivity contribution in [2.45, 2.75) is 26.2 Å². The van der Waals surface area contributed by atoms with E-state index in [2.05, 4.69) is 5.10 Å². The Hall–Kier alpha value is -2.79. The topological polar surface area (TPSA) is 53.4 Å². The van der Waals surface area contributed by atoms with Gasteiger partial charge >= 0.3 is 5.97 Å². The molecular formula is C21H21ClN2O3. The molecule has 1 heterocycles. The number of carbonyl (C=O) groups is 1. The smallest absolute Gasteiger partial charge is 0.344 e. The summed E-state index contributed by atoms with van der Waals surface area (Å²) in [6.45, 7) is 6.14. The van der Waals surface area contributed by atoms with Gasteiger partial charge < -0.3 is 9.47 Å². The van der Waals surface area contributed by atoms with E-state index < -0.39 is 5.97 Å². The molecule has 0 fully saturated rings. The lowest BCUT2D eigenvalue weighted by Gasteiger charge is -2.13. The predicted molar refractivity (Wildman–Crippen MR) is 105 cm³/mol. The summed E-state index contributed by atoms with van der Waals surface area (Å²) in [6.07, 6.45) is 0. The van der Waals surface area contributed by atoms with Crippen molar-refractivity contribution >= 4 is 17.6 Å². The van der Waals surface area contributed by atoms with Gasteiger partial charge in [0.2, 0.25) is 5.88 Å². The van der Waals surface area contributed by atoms with Crippen molar-refractivity contribution in [1.82, 2.24) is 9.78 Å². The third kappa shape index (κ3) is 4.31. The first-order valence-corrected chi connectivity index (χ1v) is 8.88. The van der Waals surface area contributed by atoms with Crippen LogP contribution >= 0.6 is 11.6 Å². The molecule has 3 aromatic rings.